The van der Waals surface area contributed by atoms with Gasteiger partial charge in [-0.1, -0.05) is 12.1 Å². The van der Waals surface area contributed by atoms with Gasteiger partial charge in [-0.05, 0) is 61.2 Å². The molecule has 23 heavy (non-hydrogen) atoms. The third-order valence-electron chi connectivity index (χ3n) is 3.82. The van der Waals surface area contributed by atoms with Crippen LogP contribution in [0.25, 0.3) is 0 Å². The predicted octanol–water partition coefficient (Wildman–Crippen LogP) is 4.21. The van der Waals surface area contributed by atoms with E-state index in [1.807, 2.05) is 31.9 Å². The fraction of sp³-hybridized carbons (Fsp3) is 0.263. The number of benzene rings is 2. The van der Waals surface area contributed by atoms with Gasteiger partial charge in [0.2, 0.25) is 0 Å². The van der Waals surface area contributed by atoms with Crippen LogP contribution in [0.15, 0.2) is 41.4 Å². The van der Waals surface area contributed by atoms with Crippen LogP contribution in [-0.2, 0) is 6.42 Å². The molecule has 0 aromatic heterocycles. The third-order valence-corrected chi connectivity index (χ3v) is 3.82. The van der Waals surface area contributed by atoms with Crippen molar-refractivity contribution < 1.29 is 4.39 Å². The zero-order valence-corrected chi connectivity index (χ0v) is 13.7. The van der Waals surface area contributed by atoms with Gasteiger partial charge in [0.05, 0.1) is 23.7 Å². The lowest BCUT2D eigenvalue weighted by Crippen LogP contribution is -2.14. The van der Waals surface area contributed by atoms with Gasteiger partial charge in [-0.25, -0.2) is 9.38 Å². The minimum atomic E-state index is -0.246. The van der Waals surface area contributed by atoms with Crippen molar-refractivity contribution >= 4 is 12.0 Å². The highest BCUT2D eigenvalue weighted by Crippen LogP contribution is 2.26. The summed E-state index contributed by atoms with van der Waals surface area (Å²) in [6.07, 6.45) is 2.42. The van der Waals surface area contributed by atoms with E-state index in [2.05, 4.69) is 11.1 Å². The molecule has 3 nitrogen and oxygen atoms in total. The minimum absolute atomic E-state index is 0.246. The van der Waals surface area contributed by atoms with Crippen LogP contribution in [0, 0.1) is 24.1 Å². The van der Waals surface area contributed by atoms with Crippen LogP contribution in [-0.4, -0.2) is 24.8 Å². The minimum Gasteiger partial charge on any atom is -0.366 e. The SMILES string of the molecule is CCN(C)C=Nc1cc(C#N)cc(Cc2ccc(F)cc2)c1C. The van der Waals surface area contributed by atoms with E-state index in [1.54, 1.807) is 24.5 Å². The number of nitriles is 1. The van der Waals surface area contributed by atoms with E-state index in [-0.39, 0.29) is 5.82 Å². The molecule has 0 radical (unpaired) electrons. The average molecular weight is 309 g/mol. The molecule has 0 aliphatic heterocycles. The first-order chi connectivity index (χ1) is 11.0. The molecule has 0 saturated carbocycles. The number of halogens is 1. The smallest absolute Gasteiger partial charge is 0.123 e. The number of hydrogen-bond donors (Lipinski definition) is 0. The van der Waals surface area contributed by atoms with Crippen LogP contribution in [0.1, 0.15) is 29.2 Å². The van der Waals surface area contributed by atoms with Gasteiger partial charge >= 0.3 is 0 Å². The van der Waals surface area contributed by atoms with Crippen LogP contribution in [0.5, 0.6) is 0 Å². The first-order valence-electron chi connectivity index (χ1n) is 7.56. The van der Waals surface area contributed by atoms with E-state index in [0.717, 1.165) is 28.9 Å². The van der Waals surface area contributed by atoms with Crippen molar-refractivity contribution in [3.05, 3.63) is 64.5 Å². The maximum Gasteiger partial charge on any atom is 0.123 e. The van der Waals surface area contributed by atoms with Gasteiger partial charge in [-0.15, -0.1) is 0 Å². The van der Waals surface area contributed by atoms with Gasteiger partial charge in [-0.2, -0.15) is 5.26 Å². The Balaban J connectivity index is 2.37. The predicted molar refractivity (Wildman–Crippen MR) is 91.6 cm³/mol. The molecule has 0 unspecified atom stereocenters. The highest BCUT2D eigenvalue weighted by atomic mass is 19.1. The Hall–Kier alpha value is -2.67. The van der Waals surface area contributed by atoms with Crippen molar-refractivity contribution in [2.75, 3.05) is 13.6 Å². The normalized spacial score (nSPS) is 10.7. The van der Waals surface area contributed by atoms with Crippen molar-refractivity contribution in [3.8, 4) is 6.07 Å². The molecule has 0 saturated heterocycles. The van der Waals surface area contributed by atoms with Gasteiger partial charge in [0.25, 0.3) is 0 Å². The molecule has 0 bridgehead atoms. The molecule has 2 rings (SSSR count). The summed E-state index contributed by atoms with van der Waals surface area (Å²) in [6, 6.07) is 12.3. The summed E-state index contributed by atoms with van der Waals surface area (Å²) in [7, 11) is 1.95. The second kappa shape index (κ2) is 7.55. The standard InChI is InChI=1S/C19H20FN3/c1-4-23(3)13-22-19-11-16(12-21)10-17(14(19)2)9-15-5-7-18(20)8-6-15/h5-8,10-11,13H,4,9H2,1-3H3. The van der Waals surface area contributed by atoms with Crippen LogP contribution in [0.4, 0.5) is 10.1 Å². The molecule has 0 fully saturated rings. The Morgan fingerprint density at radius 3 is 2.57 bits per heavy atom. The van der Waals surface area contributed by atoms with Crippen molar-refractivity contribution in [2.45, 2.75) is 20.3 Å². The summed E-state index contributed by atoms with van der Waals surface area (Å²) in [5, 5.41) is 9.24. The summed E-state index contributed by atoms with van der Waals surface area (Å²) in [6.45, 7) is 4.91. The second-order valence-corrected chi connectivity index (χ2v) is 5.51. The van der Waals surface area contributed by atoms with Gasteiger partial charge in [0, 0.05) is 13.6 Å². The summed E-state index contributed by atoms with van der Waals surface area (Å²) >= 11 is 0. The molecule has 0 aliphatic carbocycles. The molecule has 0 atom stereocenters. The van der Waals surface area contributed by atoms with Gasteiger partial charge in [-0.3, -0.25) is 0 Å². The van der Waals surface area contributed by atoms with Crippen LogP contribution in [0.2, 0.25) is 0 Å². The Bertz CT molecular complexity index is 742. The van der Waals surface area contributed by atoms with E-state index in [9.17, 15) is 9.65 Å². The van der Waals surface area contributed by atoms with Gasteiger partial charge < -0.3 is 4.90 Å². The number of aliphatic imine (C=N–C) groups is 1. The zero-order chi connectivity index (χ0) is 16.8. The van der Waals surface area contributed by atoms with E-state index in [1.165, 1.54) is 12.1 Å². The molecular formula is C19H20FN3. The quantitative estimate of drug-likeness (QED) is 0.613. The number of nitrogens with zero attached hydrogens (tertiary/aromatic N) is 3. The van der Waals surface area contributed by atoms with Crippen molar-refractivity contribution in [3.63, 3.8) is 0 Å². The average Bonchev–Trinajstić information content (AvgIpc) is 2.57. The largest absolute Gasteiger partial charge is 0.366 e. The maximum absolute atomic E-state index is 13.0. The molecule has 2 aromatic carbocycles. The number of hydrogen-bond acceptors (Lipinski definition) is 2. The molecular weight excluding hydrogens is 289 g/mol. The molecule has 4 heteroatoms. The fourth-order valence-electron chi connectivity index (χ4n) is 2.20. The highest BCUT2D eigenvalue weighted by Gasteiger charge is 2.08. The topological polar surface area (TPSA) is 39.4 Å². The van der Waals surface area contributed by atoms with Crippen LogP contribution >= 0.6 is 0 Å². The Labute approximate surface area is 136 Å². The first-order valence-corrected chi connectivity index (χ1v) is 7.56. The maximum atomic E-state index is 13.0. The second-order valence-electron chi connectivity index (χ2n) is 5.51. The molecule has 118 valence electrons. The van der Waals surface area contributed by atoms with Crippen LogP contribution in [0.3, 0.4) is 0 Å². The number of rotatable bonds is 5. The Morgan fingerprint density at radius 2 is 1.96 bits per heavy atom. The van der Waals surface area contributed by atoms with E-state index >= 15 is 0 Å². The Kier molecular flexibility index (Phi) is 5.48. The van der Waals surface area contributed by atoms with Crippen molar-refractivity contribution in [1.29, 1.82) is 5.26 Å². The van der Waals surface area contributed by atoms with Crippen molar-refractivity contribution in [1.82, 2.24) is 4.90 Å². The monoisotopic (exact) mass is 309 g/mol. The van der Waals surface area contributed by atoms with Crippen molar-refractivity contribution in [2.24, 2.45) is 4.99 Å². The van der Waals surface area contributed by atoms with E-state index < -0.39 is 0 Å². The fourth-order valence-corrected chi connectivity index (χ4v) is 2.20. The molecule has 0 spiro atoms. The van der Waals surface area contributed by atoms with Gasteiger partial charge in [0.1, 0.15) is 5.82 Å². The third kappa shape index (κ3) is 4.40. The molecule has 0 heterocycles. The van der Waals surface area contributed by atoms with E-state index in [4.69, 9.17) is 0 Å². The zero-order valence-electron chi connectivity index (χ0n) is 13.7. The summed E-state index contributed by atoms with van der Waals surface area (Å²) in [5.74, 6) is -0.246. The summed E-state index contributed by atoms with van der Waals surface area (Å²) < 4.78 is 13.0. The van der Waals surface area contributed by atoms with E-state index in [0.29, 0.717) is 12.0 Å². The lowest BCUT2D eigenvalue weighted by atomic mass is 9.97. The lowest BCUT2D eigenvalue weighted by Gasteiger charge is -2.12. The Morgan fingerprint density at radius 1 is 1.26 bits per heavy atom. The highest BCUT2D eigenvalue weighted by molar-refractivity contribution is 5.65. The lowest BCUT2D eigenvalue weighted by molar-refractivity contribution is 0.552. The molecule has 0 N–H and O–H groups in total. The molecule has 2 aromatic rings. The summed E-state index contributed by atoms with van der Waals surface area (Å²) in [4.78, 5) is 6.46. The molecule has 0 aliphatic rings. The van der Waals surface area contributed by atoms with Gasteiger partial charge in [0.15, 0.2) is 0 Å². The van der Waals surface area contributed by atoms with Crippen LogP contribution < -0.4 is 0 Å². The summed E-state index contributed by atoms with van der Waals surface area (Å²) in [5.41, 5.74) is 4.45. The molecule has 0 amide bonds. The first kappa shape index (κ1) is 16.7.